The fourth-order valence-corrected chi connectivity index (χ4v) is 5.16. The molecule has 1 amide bonds. The number of carbonyl (C=O) groups is 1. The van der Waals surface area contributed by atoms with Gasteiger partial charge >= 0.3 is 0 Å². The SMILES string of the molecule is CC(NC(=O)CN)C12CC3CC(CC(C3)C1)C2. The summed E-state index contributed by atoms with van der Waals surface area (Å²) in [6.45, 7) is 2.32. The molecule has 4 fully saturated rings. The van der Waals surface area contributed by atoms with E-state index in [1.54, 1.807) is 0 Å². The van der Waals surface area contributed by atoms with Crippen molar-refractivity contribution < 1.29 is 4.79 Å². The molecule has 3 N–H and O–H groups in total. The summed E-state index contributed by atoms with van der Waals surface area (Å²) in [5, 5.41) is 3.12. The van der Waals surface area contributed by atoms with Crippen molar-refractivity contribution in [1.82, 2.24) is 5.32 Å². The number of carbonyl (C=O) groups excluding carboxylic acids is 1. The molecule has 4 rings (SSSR count). The molecule has 96 valence electrons. The number of nitrogens with two attached hydrogens (primary N) is 1. The second kappa shape index (κ2) is 3.98. The first-order chi connectivity index (χ1) is 8.11. The molecule has 17 heavy (non-hydrogen) atoms. The number of nitrogens with one attached hydrogen (secondary N) is 1. The highest BCUT2D eigenvalue weighted by atomic mass is 16.1. The van der Waals surface area contributed by atoms with E-state index in [0.717, 1.165) is 17.8 Å². The van der Waals surface area contributed by atoms with Gasteiger partial charge in [0.2, 0.25) is 5.91 Å². The van der Waals surface area contributed by atoms with Crippen LogP contribution in [0.5, 0.6) is 0 Å². The molecular weight excluding hydrogens is 212 g/mol. The van der Waals surface area contributed by atoms with Crippen LogP contribution in [-0.2, 0) is 4.79 Å². The lowest BCUT2D eigenvalue weighted by atomic mass is 9.48. The Morgan fingerprint density at radius 3 is 2.12 bits per heavy atom. The van der Waals surface area contributed by atoms with E-state index in [9.17, 15) is 4.79 Å². The zero-order valence-corrected chi connectivity index (χ0v) is 10.7. The van der Waals surface area contributed by atoms with Gasteiger partial charge in [-0.15, -0.1) is 0 Å². The number of hydrogen-bond donors (Lipinski definition) is 2. The molecule has 0 aromatic carbocycles. The third-order valence-corrected chi connectivity index (χ3v) is 5.57. The van der Waals surface area contributed by atoms with Gasteiger partial charge < -0.3 is 11.1 Å². The van der Waals surface area contributed by atoms with Crippen LogP contribution in [0.15, 0.2) is 0 Å². The van der Waals surface area contributed by atoms with Crippen LogP contribution in [0.4, 0.5) is 0 Å². The topological polar surface area (TPSA) is 55.1 Å². The van der Waals surface area contributed by atoms with Crippen LogP contribution < -0.4 is 11.1 Å². The Bertz CT molecular complexity index is 291. The molecule has 1 atom stereocenters. The Morgan fingerprint density at radius 1 is 1.24 bits per heavy atom. The van der Waals surface area contributed by atoms with Crippen LogP contribution in [0.2, 0.25) is 0 Å². The van der Waals surface area contributed by atoms with Gasteiger partial charge in [-0.05, 0) is 68.6 Å². The summed E-state index contributed by atoms with van der Waals surface area (Å²) in [7, 11) is 0. The standard InChI is InChI=1S/C14H24N2O/c1-9(16-13(17)8-15)14-5-10-2-11(6-14)4-12(3-10)7-14/h9-12H,2-8,15H2,1H3,(H,16,17). The lowest BCUT2D eigenvalue weighted by molar-refractivity contribution is -0.124. The van der Waals surface area contributed by atoms with Crippen molar-refractivity contribution in [1.29, 1.82) is 0 Å². The van der Waals surface area contributed by atoms with Crippen molar-refractivity contribution in [3.63, 3.8) is 0 Å². The molecule has 0 saturated heterocycles. The van der Waals surface area contributed by atoms with E-state index in [0.29, 0.717) is 11.5 Å². The summed E-state index contributed by atoms with van der Waals surface area (Å²) < 4.78 is 0. The van der Waals surface area contributed by atoms with Crippen LogP contribution in [0.25, 0.3) is 0 Å². The summed E-state index contributed by atoms with van der Waals surface area (Å²) in [4.78, 5) is 11.5. The number of rotatable bonds is 3. The molecule has 0 heterocycles. The van der Waals surface area contributed by atoms with Gasteiger partial charge in [0.05, 0.1) is 6.54 Å². The maximum Gasteiger partial charge on any atom is 0.233 e. The Morgan fingerprint density at radius 2 is 1.71 bits per heavy atom. The minimum absolute atomic E-state index is 0.00763. The summed E-state index contributed by atoms with van der Waals surface area (Å²) in [6, 6.07) is 0.312. The van der Waals surface area contributed by atoms with Crippen LogP contribution in [-0.4, -0.2) is 18.5 Å². The molecule has 4 saturated carbocycles. The zero-order chi connectivity index (χ0) is 12.0. The molecular formula is C14H24N2O. The smallest absolute Gasteiger partial charge is 0.233 e. The molecule has 0 spiro atoms. The maximum absolute atomic E-state index is 11.5. The zero-order valence-electron chi connectivity index (χ0n) is 10.7. The van der Waals surface area contributed by atoms with Crippen LogP contribution >= 0.6 is 0 Å². The predicted molar refractivity (Wildman–Crippen MR) is 67.3 cm³/mol. The third kappa shape index (κ3) is 1.88. The molecule has 0 radical (unpaired) electrons. The van der Waals surface area contributed by atoms with E-state index in [-0.39, 0.29) is 12.5 Å². The minimum Gasteiger partial charge on any atom is -0.352 e. The Labute approximate surface area is 104 Å². The molecule has 4 bridgehead atoms. The fraction of sp³-hybridized carbons (Fsp3) is 0.929. The Kier molecular flexibility index (Phi) is 2.69. The predicted octanol–water partition coefficient (Wildman–Crippen LogP) is 1.67. The van der Waals surface area contributed by atoms with Crippen molar-refractivity contribution in [2.24, 2.45) is 28.9 Å². The van der Waals surface area contributed by atoms with Crippen molar-refractivity contribution in [2.45, 2.75) is 51.5 Å². The maximum atomic E-state index is 11.5. The molecule has 4 aliphatic carbocycles. The van der Waals surface area contributed by atoms with Crippen molar-refractivity contribution in [3.05, 3.63) is 0 Å². The van der Waals surface area contributed by atoms with E-state index in [1.807, 2.05) is 0 Å². The number of amides is 1. The average molecular weight is 236 g/mol. The summed E-state index contributed by atoms with van der Waals surface area (Å²) in [5.74, 6) is 2.84. The normalized spacial score (nSPS) is 44.7. The largest absolute Gasteiger partial charge is 0.352 e. The van der Waals surface area contributed by atoms with Crippen molar-refractivity contribution in [2.75, 3.05) is 6.54 Å². The first kappa shape index (κ1) is 11.5. The minimum atomic E-state index is 0.00763. The molecule has 3 heteroatoms. The second-order valence-corrected chi connectivity index (χ2v) is 6.77. The van der Waals surface area contributed by atoms with Gasteiger partial charge in [0, 0.05) is 6.04 Å². The highest BCUT2D eigenvalue weighted by molar-refractivity contribution is 5.78. The van der Waals surface area contributed by atoms with E-state index in [4.69, 9.17) is 5.73 Å². The van der Waals surface area contributed by atoms with Gasteiger partial charge in [-0.2, -0.15) is 0 Å². The lowest BCUT2D eigenvalue weighted by Crippen LogP contribution is -2.56. The summed E-state index contributed by atoms with van der Waals surface area (Å²) >= 11 is 0. The van der Waals surface area contributed by atoms with Gasteiger partial charge in [0.25, 0.3) is 0 Å². The van der Waals surface area contributed by atoms with Gasteiger partial charge in [-0.1, -0.05) is 0 Å². The molecule has 0 aliphatic heterocycles. The Balaban J connectivity index is 1.75. The molecule has 0 aromatic rings. The molecule has 3 nitrogen and oxygen atoms in total. The highest BCUT2D eigenvalue weighted by Crippen LogP contribution is 2.61. The number of hydrogen-bond acceptors (Lipinski definition) is 2. The highest BCUT2D eigenvalue weighted by Gasteiger charge is 2.53. The van der Waals surface area contributed by atoms with E-state index in [1.165, 1.54) is 38.5 Å². The lowest BCUT2D eigenvalue weighted by Gasteiger charge is -2.59. The van der Waals surface area contributed by atoms with Gasteiger partial charge in [0.15, 0.2) is 0 Å². The average Bonchev–Trinajstić information content (AvgIpc) is 2.26. The summed E-state index contributed by atoms with van der Waals surface area (Å²) in [6.07, 6.45) is 8.38. The Hall–Kier alpha value is -0.570. The third-order valence-electron chi connectivity index (χ3n) is 5.57. The first-order valence-electron chi connectivity index (χ1n) is 7.11. The van der Waals surface area contributed by atoms with Crippen LogP contribution in [0.1, 0.15) is 45.4 Å². The van der Waals surface area contributed by atoms with E-state index < -0.39 is 0 Å². The van der Waals surface area contributed by atoms with Crippen LogP contribution in [0, 0.1) is 23.2 Å². The molecule has 0 aromatic heterocycles. The van der Waals surface area contributed by atoms with E-state index in [2.05, 4.69) is 12.2 Å². The molecule has 4 aliphatic rings. The van der Waals surface area contributed by atoms with Gasteiger partial charge in [-0.25, -0.2) is 0 Å². The van der Waals surface area contributed by atoms with Crippen molar-refractivity contribution >= 4 is 5.91 Å². The molecule has 1 unspecified atom stereocenters. The van der Waals surface area contributed by atoms with Gasteiger partial charge in [-0.3, -0.25) is 4.79 Å². The fourth-order valence-electron chi connectivity index (χ4n) is 5.16. The first-order valence-corrected chi connectivity index (χ1v) is 7.11. The monoisotopic (exact) mass is 236 g/mol. The van der Waals surface area contributed by atoms with Gasteiger partial charge in [0.1, 0.15) is 0 Å². The summed E-state index contributed by atoms with van der Waals surface area (Å²) in [5.41, 5.74) is 5.80. The van der Waals surface area contributed by atoms with Crippen LogP contribution in [0.3, 0.4) is 0 Å². The van der Waals surface area contributed by atoms with Crippen molar-refractivity contribution in [3.8, 4) is 0 Å². The quantitative estimate of drug-likeness (QED) is 0.783. The second-order valence-electron chi connectivity index (χ2n) is 6.77. The van der Waals surface area contributed by atoms with E-state index >= 15 is 0 Å².